The number of carbonyl (C=O) groups excluding carboxylic acids is 2. The number of carbonyl (C=O) groups is 2. The number of hydrogen-bond donors (Lipinski definition) is 0. The summed E-state index contributed by atoms with van der Waals surface area (Å²) in [7, 11) is 2.18. The summed E-state index contributed by atoms with van der Waals surface area (Å²) >= 11 is 0. The number of aromatic nitrogens is 2. The molecule has 6 rings (SSSR count). The smallest absolute Gasteiger partial charge is 0.410 e. The van der Waals surface area contributed by atoms with E-state index in [9.17, 15) is 14.9 Å². The first kappa shape index (κ1) is 33.8. The molecule has 0 spiro atoms. The van der Waals surface area contributed by atoms with Crippen molar-refractivity contribution in [2.24, 2.45) is 11.3 Å². The molecule has 1 aromatic heterocycles. The zero-order valence-electron chi connectivity index (χ0n) is 28.8. The molecule has 1 atom stereocenters. The van der Waals surface area contributed by atoms with Crippen molar-refractivity contribution in [3.05, 3.63) is 47.2 Å². The second-order valence-corrected chi connectivity index (χ2v) is 14.8. The Kier molecular flexibility index (Phi) is 9.97. The third kappa shape index (κ3) is 7.95. The van der Waals surface area contributed by atoms with Crippen molar-refractivity contribution in [1.82, 2.24) is 24.7 Å². The van der Waals surface area contributed by atoms with Gasteiger partial charge in [-0.05, 0) is 84.5 Å². The summed E-state index contributed by atoms with van der Waals surface area (Å²) in [5, 5.41) is 9.71. The Morgan fingerprint density at radius 2 is 1.77 bits per heavy atom. The Labute approximate surface area is 283 Å². The molecule has 48 heavy (non-hydrogen) atoms. The third-order valence-corrected chi connectivity index (χ3v) is 10.2. The highest BCUT2D eigenvalue weighted by molar-refractivity contribution is 5.70. The Balaban J connectivity index is 1.21. The number of nitriles is 1. The van der Waals surface area contributed by atoms with Gasteiger partial charge in [0.1, 0.15) is 18.0 Å². The molecule has 12 nitrogen and oxygen atoms in total. The van der Waals surface area contributed by atoms with E-state index < -0.39 is 11.7 Å². The normalized spacial score (nSPS) is 21.2. The van der Waals surface area contributed by atoms with Gasteiger partial charge in [-0.1, -0.05) is 30.3 Å². The number of anilines is 1. The number of rotatable bonds is 8. The van der Waals surface area contributed by atoms with E-state index in [1.54, 1.807) is 9.80 Å². The van der Waals surface area contributed by atoms with E-state index in [1.807, 2.05) is 51.1 Å². The van der Waals surface area contributed by atoms with Crippen LogP contribution in [0.15, 0.2) is 30.3 Å². The highest BCUT2D eigenvalue weighted by Crippen LogP contribution is 2.55. The predicted octanol–water partition coefficient (Wildman–Crippen LogP) is 5.01. The van der Waals surface area contributed by atoms with Crippen molar-refractivity contribution in [2.75, 3.05) is 57.8 Å². The molecule has 258 valence electrons. The fourth-order valence-corrected chi connectivity index (χ4v) is 7.23. The summed E-state index contributed by atoms with van der Waals surface area (Å²) in [5.74, 6) is 1.39. The van der Waals surface area contributed by atoms with Gasteiger partial charge >= 0.3 is 18.2 Å². The minimum atomic E-state index is -0.605. The second kappa shape index (κ2) is 14.2. The molecule has 1 aromatic carbocycles. The van der Waals surface area contributed by atoms with Crippen molar-refractivity contribution < 1.29 is 23.8 Å². The highest BCUT2D eigenvalue weighted by atomic mass is 16.6. The van der Waals surface area contributed by atoms with E-state index in [4.69, 9.17) is 24.2 Å². The Morgan fingerprint density at radius 3 is 2.46 bits per heavy atom. The summed E-state index contributed by atoms with van der Waals surface area (Å²) in [6, 6.07) is 11.8. The molecule has 2 amide bonds. The van der Waals surface area contributed by atoms with Crippen molar-refractivity contribution in [1.29, 1.82) is 5.26 Å². The lowest BCUT2D eigenvalue weighted by Crippen LogP contribution is -2.56. The third-order valence-electron chi connectivity index (χ3n) is 10.2. The Hall–Kier alpha value is -4.11. The van der Waals surface area contributed by atoms with Gasteiger partial charge in [-0.2, -0.15) is 15.2 Å². The van der Waals surface area contributed by atoms with Crippen LogP contribution < -0.4 is 9.64 Å². The highest BCUT2D eigenvalue weighted by Gasteiger charge is 2.50. The van der Waals surface area contributed by atoms with Gasteiger partial charge < -0.3 is 33.8 Å². The molecule has 12 heteroatoms. The van der Waals surface area contributed by atoms with Gasteiger partial charge in [0, 0.05) is 37.2 Å². The first-order chi connectivity index (χ1) is 23.0. The van der Waals surface area contributed by atoms with Crippen molar-refractivity contribution in [3.8, 4) is 12.1 Å². The maximum Gasteiger partial charge on any atom is 0.410 e. The predicted molar refractivity (Wildman–Crippen MR) is 179 cm³/mol. The molecule has 0 bridgehead atoms. The number of ether oxygens (including phenoxy) is 3. The lowest BCUT2D eigenvalue weighted by atomic mass is 9.82. The lowest BCUT2D eigenvalue weighted by Gasteiger charge is -2.41. The van der Waals surface area contributed by atoms with Crippen LogP contribution in [0.3, 0.4) is 0 Å². The Bertz CT molecular complexity index is 1490. The van der Waals surface area contributed by atoms with E-state index in [0.29, 0.717) is 57.7 Å². The van der Waals surface area contributed by atoms with Gasteiger partial charge in [-0.25, -0.2) is 9.59 Å². The fraction of sp³-hybridized carbons (Fsp3) is 0.639. The van der Waals surface area contributed by atoms with Gasteiger partial charge in [-0.3, -0.25) is 0 Å². The number of piperidine rings is 1. The molecule has 4 aliphatic rings. The van der Waals surface area contributed by atoms with Crippen molar-refractivity contribution in [3.63, 3.8) is 0 Å². The summed E-state index contributed by atoms with van der Waals surface area (Å²) in [6.45, 7) is 10.7. The van der Waals surface area contributed by atoms with Crippen LogP contribution in [-0.2, 0) is 29.0 Å². The fourth-order valence-electron chi connectivity index (χ4n) is 7.23. The topological polar surface area (TPSA) is 124 Å². The van der Waals surface area contributed by atoms with E-state index in [0.717, 1.165) is 48.6 Å². The maximum atomic E-state index is 13.2. The van der Waals surface area contributed by atoms with Crippen molar-refractivity contribution >= 4 is 18.0 Å². The van der Waals surface area contributed by atoms with Crippen LogP contribution in [0.25, 0.3) is 0 Å². The quantitative estimate of drug-likeness (QED) is 0.382. The molecule has 0 radical (unpaired) electrons. The SMILES string of the molecule is CN1CCC(C2(COc3nc4c(c(N5CCN(C(=O)OCc6ccccc6)[C@@H](CC#N)C5)n3)CCN(C(=O)OC(C)(C)C)C4)CC2)CC1. The van der Waals surface area contributed by atoms with E-state index in [1.165, 1.54) is 12.8 Å². The van der Waals surface area contributed by atoms with Crippen LogP contribution >= 0.6 is 0 Å². The molecular weight excluding hydrogens is 610 g/mol. The lowest BCUT2D eigenvalue weighted by molar-refractivity contribution is 0.0219. The van der Waals surface area contributed by atoms with Gasteiger partial charge in [-0.15, -0.1) is 0 Å². The molecule has 0 unspecified atom stereocenters. The number of nitrogens with zero attached hydrogens (tertiary/aromatic N) is 7. The molecular formula is C36H49N7O5. The zero-order valence-corrected chi connectivity index (χ0v) is 28.8. The van der Waals surface area contributed by atoms with Crippen LogP contribution in [0.4, 0.5) is 15.4 Å². The second-order valence-electron chi connectivity index (χ2n) is 14.8. The van der Waals surface area contributed by atoms with Crippen LogP contribution in [0.1, 0.15) is 69.7 Å². The first-order valence-corrected chi connectivity index (χ1v) is 17.3. The first-order valence-electron chi connectivity index (χ1n) is 17.3. The number of benzene rings is 1. The number of hydrogen-bond acceptors (Lipinski definition) is 10. The number of likely N-dealkylation sites (tertiary alicyclic amines) is 1. The van der Waals surface area contributed by atoms with E-state index in [-0.39, 0.29) is 30.6 Å². The number of piperazine rings is 1. The van der Waals surface area contributed by atoms with Crippen molar-refractivity contribution in [2.45, 2.75) is 84.1 Å². The van der Waals surface area contributed by atoms with E-state index in [2.05, 4.69) is 22.9 Å². The minimum absolute atomic E-state index is 0.166. The Morgan fingerprint density at radius 1 is 1.02 bits per heavy atom. The zero-order chi connectivity index (χ0) is 33.9. The van der Waals surface area contributed by atoms with Gasteiger partial charge in [0.25, 0.3) is 0 Å². The van der Waals surface area contributed by atoms with Gasteiger partial charge in [0.15, 0.2) is 0 Å². The molecule has 1 aliphatic carbocycles. The van der Waals surface area contributed by atoms with Crippen LogP contribution in [0, 0.1) is 22.7 Å². The number of amides is 2. The van der Waals surface area contributed by atoms with Crippen LogP contribution in [-0.4, -0.2) is 101 Å². The molecule has 4 heterocycles. The number of fused-ring (bicyclic) bond motifs is 1. The maximum absolute atomic E-state index is 13.2. The summed E-state index contributed by atoms with van der Waals surface area (Å²) in [4.78, 5) is 44.0. The van der Waals surface area contributed by atoms with E-state index >= 15 is 0 Å². The summed E-state index contributed by atoms with van der Waals surface area (Å²) in [6.07, 6.45) is 4.60. The molecule has 3 aliphatic heterocycles. The molecule has 2 aromatic rings. The standard InChI is InChI=1S/C36H49N7O5/c1-35(2,3)48-33(44)42-19-13-29-30(23-42)38-32(47-25-36(14-15-36)27-11-17-40(4)18-12-27)39-31(29)41-20-21-43(28(22-41)10-16-37)34(45)46-24-26-8-6-5-7-9-26/h5-9,27-28H,10-15,17-25H2,1-4H3/t28-/m0/s1. The molecule has 0 N–H and O–H groups in total. The van der Waals surface area contributed by atoms with Gasteiger partial charge in [0.2, 0.25) is 0 Å². The average molecular weight is 660 g/mol. The van der Waals surface area contributed by atoms with Crippen LogP contribution in [0.2, 0.25) is 0 Å². The molecule has 3 fully saturated rings. The van der Waals surface area contributed by atoms with Crippen LogP contribution in [0.5, 0.6) is 6.01 Å². The average Bonchev–Trinajstić information content (AvgIpc) is 3.87. The minimum Gasteiger partial charge on any atom is -0.463 e. The molecule has 2 saturated heterocycles. The summed E-state index contributed by atoms with van der Waals surface area (Å²) in [5.41, 5.74) is 2.19. The van der Waals surface area contributed by atoms with Gasteiger partial charge in [0.05, 0.1) is 37.4 Å². The molecule has 1 saturated carbocycles. The summed E-state index contributed by atoms with van der Waals surface area (Å²) < 4.78 is 17.8. The monoisotopic (exact) mass is 659 g/mol. The largest absolute Gasteiger partial charge is 0.463 e.